The van der Waals surface area contributed by atoms with Crippen molar-refractivity contribution in [1.29, 1.82) is 0 Å². The normalized spacial score (nSPS) is 19.0. The number of carbonyl (C=O) groups is 1. The predicted octanol–water partition coefficient (Wildman–Crippen LogP) is 3.47. The SMILES string of the molecule is CN(C)c1ccnc(NC2CCC(CNC(=O)Nc3ccc(F)cc3)CC2)n1. The second-order valence-electron chi connectivity index (χ2n) is 7.34. The molecule has 1 heterocycles. The standard InChI is InChI=1S/C20H27FN6O/c1-27(2)18-11-12-22-19(26-18)24-16-7-3-14(4-8-16)13-23-20(28)25-17-9-5-15(21)6-10-17/h5-6,9-12,14,16H,3-4,7-8,13H2,1-2H3,(H,22,24,26)(H2,23,25,28). The Morgan fingerprint density at radius 1 is 1.14 bits per heavy atom. The van der Waals surface area contributed by atoms with Crippen LogP contribution in [-0.4, -0.2) is 42.7 Å². The maximum absolute atomic E-state index is 12.9. The summed E-state index contributed by atoms with van der Waals surface area (Å²) in [6.45, 7) is 0.631. The fraction of sp³-hybridized carbons (Fsp3) is 0.450. The van der Waals surface area contributed by atoms with Gasteiger partial charge in [-0.2, -0.15) is 4.98 Å². The van der Waals surface area contributed by atoms with E-state index in [2.05, 4.69) is 25.9 Å². The van der Waals surface area contributed by atoms with Crippen LogP contribution in [-0.2, 0) is 0 Å². The van der Waals surface area contributed by atoms with Gasteiger partial charge in [0.05, 0.1) is 0 Å². The molecule has 1 aliphatic rings. The summed E-state index contributed by atoms with van der Waals surface area (Å²) in [6.07, 6.45) is 5.85. The van der Waals surface area contributed by atoms with Crippen LogP contribution in [0.4, 0.5) is 26.6 Å². The minimum Gasteiger partial charge on any atom is -0.363 e. The van der Waals surface area contributed by atoms with Crippen molar-refractivity contribution in [3.05, 3.63) is 42.3 Å². The van der Waals surface area contributed by atoms with Crippen LogP contribution in [0.25, 0.3) is 0 Å². The summed E-state index contributed by atoms with van der Waals surface area (Å²) in [4.78, 5) is 22.7. The number of amides is 2. The molecule has 0 radical (unpaired) electrons. The zero-order valence-electron chi connectivity index (χ0n) is 16.3. The number of anilines is 3. The minimum atomic E-state index is -0.324. The van der Waals surface area contributed by atoms with Gasteiger partial charge < -0.3 is 20.9 Å². The molecule has 1 aromatic heterocycles. The first-order valence-corrected chi connectivity index (χ1v) is 9.57. The van der Waals surface area contributed by atoms with Gasteiger partial charge in [-0.1, -0.05) is 0 Å². The smallest absolute Gasteiger partial charge is 0.319 e. The summed E-state index contributed by atoms with van der Waals surface area (Å²) >= 11 is 0. The van der Waals surface area contributed by atoms with Gasteiger partial charge in [-0.05, 0) is 61.9 Å². The Morgan fingerprint density at radius 3 is 2.54 bits per heavy atom. The number of rotatable bonds is 6. The number of aromatic nitrogens is 2. The van der Waals surface area contributed by atoms with Crippen LogP contribution in [0.2, 0.25) is 0 Å². The summed E-state index contributed by atoms with van der Waals surface area (Å²) < 4.78 is 12.9. The highest BCUT2D eigenvalue weighted by atomic mass is 19.1. The van der Waals surface area contributed by atoms with Crippen molar-refractivity contribution < 1.29 is 9.18 Å². The number of nitrogens with one attached hydrogen (secondary N) is 3. The highest BCUT2D eigenvalue weighted by Crippen LogP contribution is 2.25. The maximum Gasteiger partial charge on any atom is 0.319 e. The molecular weight excluding hydrogens is 359 g/mol. The Bertz CT molecular complexity index is 775. The molecule has 0 atom stereocenters. The zero-order valence-corrected chi connectivity index (χ0v) is 16.3. The lowest BCUT2D eigenvalue weighted by atomic mass is 9.86. The van der Waals surface area contributed by atoms with Crippen LogP contribution < -0.4 is 20.9 Å². The van der Waals surface area contributed by atoms with Crippen LogP contribution in [0, 0.1) is 11.7 Å². The van der Waals surface area contributed by atoms with Crippen molar-refractivity contribution in [3.8, 4) is 0 Å². The van der Waals surface area contributed by atoms with Gasteiger partial charge in [0.15, 0.2) is 0 Å². The summed E-state index contributed by atoms with van der Waals surface area (Å²) in [7, 11) is 3.91. The van der Waals surface area contributed by atoms with Gasteiger partial charge in [-0.25, -0.2) is 14.2 Å². The van der Waals surface area contributed by atoms with E-state index >= 15 is 0 Å². The highest BCUT2D eigenvalue weighted by molar-refractivity contribution is 5.89. The number of halogens is 1. The molecule has 3 N–H and O–H groups in total. The topological polar surface area (TPSA) is 82.2 Å². The number of carbonyl (C=O) groups excluding carboxylic acids is 1. The van der Waals surface area contributed by atoms with Crippen LogP contribution in [0.5, 0.6) is 0 Å². The number of urea groups is 1. The zero-order chi connectivity index (χ0) is 19.9. The van der Waals surface area contributed by atoms with Crippen LogP contribution >= 0.6 is 0 Å². The van der Waals surface area contributed by atoms with Gasteiger partial charge in [0, 0.05) is 38.6 Å². The molecule has 0 bridgehead atoms. The first kappa shape index (κ1) is 19.9. The van der Waals surface area contributed by atoms with E-state index < -0.39 is 0 Å². The van der Waals surface area contributed by atoms with E-state index in [1.165, 1.54) is 12.1 Å². The largest absolute Gasteiger partial charge is 0.363 e. The molecule has 2 aromatic rings. The molecular formula is C20H27FN6O. The Morgan fingerprint density at radius 2 is 1.86 bits per heavy atom. The summed E-state index contributed by atoms with van der Waals surface area (Å²) in [5.74, 6) is 1.66. The molecule has 1 saturated carbocycles. The Balaban J connectivity index is 1.38. The third-order valence-corrected chi connectivity index (χ3v) is 4.93. The van der Waals surface area contributed by atoms with E-state index in [4.69, 9.17) is 0 Å². The molecule has 28 heavy (non-hydrogen) atoms. The monoisotopic (exact) mass is 386 g/mol. The third kappa shape index (κ3) is 5.80. The fourth-order valence-corrected chi connectivity index (χ4v) is 3.31. The van der Waals surface area contributed by atoms with Gasteiger partial charge in [0.25, 0.3) is 0 Å². The van der Waals surface area contributed by atoms with E-state index in [1.807, 2.05) is 25.1 Å². The number of benzene rings is 1. The van der Waals surface area contributed by atoms with Crippen molar-refractivity contribution >= 4 is 23.5 Å². The quantitative estimate of drug-likeness (QED) is 0.708. The van der Waals surface area contributed by atoms with E-state index in [1.54, 1.807) is 18.3 Å². The third-order valence-electron chi connectivity index (χ3n) is 4.93. The van der Waals surface area contributed by atoms with Gasteiger partial charge in [-0.3, -0.25) is 0 Å². The fourth-order valence-electron chi connectivity index (χ4n) is 3.31. The Hall–Kier alpha value is -2.90. The molecule has 0 spiro atoms. The van der Waals surface area contributed by atoms with Crippen molar-refractivity contribution in [2.24, 2.45) is 5.92 Å². The molecule has 8 heteroatoms. The summed E-state index contributed by atoms with van der Waals surface area (Å²) in [5, 5.41) is 9.04. The number of hydrogen-bond donors (Lipinski definition) is 3. The molecule has 1 aromatic carbocycles. The minimum absolute atomic E-state index is 0.263. The molecule has 150 valence electrons. The van der Waals surface area contributed by atoms with Crippen LogP contribution in [0.1, 0.15) is 25.7 Å². The lowest BCUT2D eigenvalue weighted by molar-refractivity contribution is 0.246. The summed E-state index contributed by atoms with van der Waals surface area (Å²) in [5.41, 5.74) is 0.576. The van der Waals surface area contributed by atoms with Crippen LogP contribution in [0.3, 0.4) is 0 Å². The molecule has 0 unspecified atom stereocenters. The molecule has 0 saturated heterocycles. The lowest BCUT2D eigenvalue weighted by Crippen LogP contribution is -2.36. The van der Waals surface area contributed by atoms with E-state index in [-0.39, 0.29) is 11.8 Å². The Labute approximate surface area is 164 Å². The molecule has 7 nitrogen and oxygen atoms in total. The maximum atomic E-state index is 12.9. The number of hydrogen-bond acceptors (Lipinski definition) is 5. The lowest BCUT2D eigenvalue weighted by Gasteiger charge is -2.29. The first-order chi connectivity index (χ1) is 13.5. The molecule has 1 aliphatic carbocycles. The molecule has 2 amide bonds. The second-order valence-corrected chi connectivity index (χ2v) is 7.34. The second kappa shape index (κ2) is 9.34. The highest BCUT2D eigenvalue weighted by Gasteiger charge is 2.22. The predicted molar refractivity (Wildman–Crippen MR) is 109 cm³/mol. The average molecular weight is 386 g/mol. The molecule has 3 rings (SSSR count). The van der Waals surface area contributed by atoms with Gasteiger partial charge >= 0.3 is 6.03 Å². The van der Waals surface area contributed by atoms with Gasteiger partial charge in [0.2, 0.25) is 5.95 Å². The van der Waals surface area contributed by atoms with Gasteiger partial charge in [0.1, 0.15) is 11.6 Å². The molecule has 0 aliphatic heterocycles. The first-order valence-electron chi connectivity index (χ1n) is 9.57. The van der Waals surface area contributed by atoms with E-state index in [9.17, 15) is 9.18 Å². The van der Waals surface area contributed by atoms with Crippen molar-refractivity contribution in [2.75, 3.05) is 36.2 Å². The van der Waals surface area contributed by atoms with Gasteiger partial charge in [-0.15, -0.1) is 0 Å². The van der Waals surface area contributed by atoms with Crippen molar-refractivity contribution in [1.82, 2.24) is 15.3 Å². The van der Waals surface area contributed by atoms with E-state index in [0.29, 0.717) is 30.1 Å². The summed E-state index contributed by atoms with van der Waals surface area (Å²) in [6, 6.07) is 7.69. The van der Waals surface area contributed by atoms with E-state index in [0.717, 1.165) is 31.5 Å². The Kier molecular flexibility index (Phi) is 6.62. The molecule has 1 fully saturated rings. The number of nitrogens with zero attached hydrogens (tertiary/aromatic N) is 3. The van der Waals surface area contributed by atoms with Crippen molar-refractivity contribution in [2.45, 2.75) is 31.7 Å². The average Bonchev–Trinajstić information content (AvgIpc) is 2.69. The van der Waals surface area contributed by atoms with Crippen LogP contribution in [0.15, 0.2) is 36.5 Å². The van der Waals surface area contributed by atoms with Crippen molar-refractivity contribution in [3.63, 3.8) is 0 Å².